The molecule has 1 fully saturated rings. The maximum atomic E-state index is 11.4. The lowest BCUT2D eigenvalue weighted by atomic mass is 9.75. The van der Waals surface area contributed by atoms with Crippen LogP contribution in [0.3, 0.4) is 0 Å². The van der Waals surface area contributed by atoms with E-state index in [9.17, 15) is 9.90 Å². The molecule has 3 atom stereocenters. The first-order valence-corrected chi connectivity index (χ1v) is 4.73. The zero-order valence-electron chi connectivity index (χ0n) is 8.08. The van der Waals surface area contributed by atoms with E-state index in [1.54, 1.807) is 0 Å². The van der Waals surface area contributed by atoms with Gasteiger partial charge in [0.2, 0.25) is 0 Å². The zero-order valence-corrected chi connectivity index (χ0v) is 8.08. The van der Waals surface area contributed by atoms with Gasteiger partial charge in [-0.15, -0.1) is 0 Å². The van der Waals surface area contributed by atoms with Crippen LogP contribution in [0.4, 0.5) is 0 Å². The van der Waals surface area contributed by atoms with Crippen molar-refractivity contribution in [2.45, 2.75) is 39.7 Å². The fourth-order valence-electron chi connectivity index (χ4n) is 1.76. The van der Waals surface area contributed by atoms with Crippen LogP contribution in [0.2, 0.25) is 0 Å². The highest BCUT2D eigenvalue weighted by atomic mass is 16.3. The Morgan fingerprint density at radius 3 is 2.50 bits per heavy atom. The van der Waals surface area contributed by atoms with Gasteiger partial charge < -0.3 is 5.11 Å². The van der Waals surface area contributed by atoms with E-state index in [1.807, 2.05) is 6.92 Å². The van der Waals surface area contributed by atoms with Crippen molar-refractivity contribution in [3.8, 4) is 0 Å². The van der Waals surface area contributed by atoms with E-state index < -0.39 is 6.10 Å². The Labute approximate surface area is 74.0 Å². The van der Waals surface area contributed by atoms with E-state index in [1.165, 1.54) is 0 Å². The molecule has 1 aliphatic rings. The number of aliphatic hydroxyl groups excluding tert-OH is 1. The van der Waals surface area contributed by atoms with Crippen LogP contribution in [0.15, 0.2) is 0 Å². The Morgan fingerprint density at radius 2 is 2.08 bits per heavy atom. The molecule has 1 saturated carbocycles. The van der Waals surface area contributed by atoms with E-state index >= 15 is 0 Å². The lowest BCUT2D eigenvalue weighted by Gasteiger charge is -2.32. The number of hydrogen-bond donors (Lipinski definition) is 1. The summed E-state index contributed by atoms with van der Waals surface area (Å²) in [7, 11) is 0. The van der Waals surface area contributed by atoms with Gasteiger partial charge >= 0.3 is 0 Å². The average molecular weight is 170 g/mol. The summed E-state index contributed by atoms with van der Waals surface area (Å²) >= 11 is 0. The summed E-state index contributed by atoms with van der Waals surface area (Å²) in [4.78, 5) is 11.4. The van der Waals surface area contributed by atoms with Crippen LogP contribution in [0.5, 0.6) is 0 Å². The van der Waals surface area contributed by atoms with Crippen LogP contribution in [0, 0.1) is 17.8 Å². The van der Waals surface area contributed by atoms with Crippen molar-refractivity contribution < 1.29 is 9.90 Å². The van der Waals surface area contributed by atoms with Gasteiger partial charge in [0.15, 0.2) is 0 Å². The highest BCUT2D eigenvalue weighted by Crippen LogP contribution is 2.30. The van der Waals surface area contributed by atoms with Crippen LogP contribution in [0.25, 0.3) is 0 Å². The molecule has 0 spiro atoms. The van der Waals surface area contributed by atoms with E-state index in [0.29, 0.717) is 18.3 Å². The van der Waals surface area contributed by atoms with Crippen LogP contribution in [-0.2, 0) is 4.79 Å². The summed E-state index contributed by atoms with van der Waals surface area (Å²) in [5, 5.41) is 9.55. The van der Waals surface area contributed by atoms with Crippen LogP contribution < -0.4 is 0 Å². The largest absolute Gasteiger partial charge is 0.392 e. The normalized spacial score (nSPS) is 37.4. The quantitative estimate of drug-likeness (QED) is 0.649. The maximum Gasteiger partial charge on any atom is 0.138 e. The molecular weight excluding hydrogens is 152 g/mol. The van der Waals surface area contributed by atoms with Gasteiger partial charge in [-0.05, 0) is 18.3 Å². The van der Waals surface area contributed by atoms with Gasteiger partial charge in [-0.1, -0.05) is 20.8 Å². The first-order valence-electron chi connectivity index (χ1n) is 4.73. The summed E-state index contributed by atoms with van der Waals surface area (Å²) < 4.78 is 0. The van der Waals surface area contributed by atoms with E-state index in [-0.39, 0.29) is 11.7 Å². The monoisotopic (exact) mass is 170 g/mol. The minimum atomic E-state index is -0.404. The van der Waals surface area contributed by atoms with Crippen LogP contribution >= 0.6 is 0 Å². The summed E-state index contributed by atoms with van der Waals surface area (Å²) in [6.45, 7) is 6.05. The molecule has 0 aliphatic heterocycles. The lowest BCUT2D eigenvalue weighted by Crippen LogP contribution is -2.36. The van der Waals surface area contributed by atoms with Crippen molar-refractivity contribution in [3.05, 3.63) is 0 Å². The number of ketones is 1. The number of carbonyl (C=O) groups excluding carboxylic acids is 1. The molecule has 0 aromatic rings. The molecule has 1 aliphatic carbocycles. The fraction of sp³-hybridized carbons (Fsp3) is 0.900. The summed E-state index contributed by atoms with van der Waals surface area (Å²) in [6, 6.07) is 0. The Balaban J connectivity index is 2.59. The molecule has 0 aromatic heterocycles. The maximum absolute atomic E-state index is 11.4. The number of aliphatic hydroxyl groups is 1. The molecular formula is C10H18O2. The molecule has 0 saturated heterocycles. The lowest BCUT2D eigenvalue weighted by molar-refractivity contribution is -0.131. The molecule has 1 N–H and O–H groups in total. The Bertz CT molecular complexity index is 175. The standard InChI is InChI=1S/C10H18O2/c1-6(2)8-4-9(11)7(3)10(12)5-8/h6-9,11H,4-5H2,1-3H3. The van der Waals surface area contributed by atoms with Crippen molar-refractivity contribution in [3.63, 3.8) is 0 Å². The highest BCUT2D eigenvalue weighted by molar-refractivity contribution is 5.82. The van der Waals surface area contributed by atoms with Crippen molar-refractivity contribution in [1.82, 2.24) is 0 Å². The zero-order chi connectivity index (χ0) is 9.30. The van der Waals surface area contributed by atoms with Crippen molar-refractivity contribution in [2.75, 3.05) is 0 Å². The van der Waals surface area contributed by atoms with Gasteiger partial charge in [-0.3, -0.25) is 4.79 Å². The smallest absolute Gasteiger partial charge is 0.138 e. The third-order valence-corrected chi connectivity index (χ3v) is 3.04. The summed E-state index contributed by atoms with van der Waals surface area (Å²) in [6.07, 6.45) is 1.05. The minimum Gasteiger partial charge on any atom is -0.392 e. The minimum absolute atomic E-state index is 0.139. The molecule has 12 heavy (non-hydrogen) atoms. The second kappa shape index (κ2) is 3.56. The molecule has 2 nitrogen and oxygen atoms in total. The molecule has 0 heterocycles. The van der Waals surface area contributed by atoms with Gasteiger partial charge in [-0.25, -0.2) is 0 Å². The van der Waals surface area contributed by atoms with Gasteiger partial charge in [0.25, 0.3) is 0 Å². The number of Topliss-reactive ketones (excluding diaryl/α,β-unsaturated/α-hetero) is 1. The van der Waals surface area contributed by atoms with Crippen LogP contribution in [-0.4, -0.2) is 17.0 Å². The molecule has 2 heteroatoms. The van der Waals surface area contributed by atoms with Crippen molar-refractivity contribution in [2.24, 2.45) is 17.8 Å². The Hall–Kier alpha value is -0.370. The van der Waals surface area contributed by atoms with Crippen LogP contribution in [0.1, 0.15) is 33.6 Å². The first kappa shape index (κ1) is 9.72. The third kappa shape index (κ3) is 1.86. The third-order valence-electron chi connectivity index (χ3n) is 3.04. The highest BCUT2D eigenvalue weighted by Gasteiger charge is 2.33. The number of hydrogen-bond acceptors (Lipinski definition) is 2. The molecule has 0 radical (unpaired) electrons. The van der Waals surface area contributed by atoms with E-state index in [4.69, 9.17) is 0 Å². The Kier molecular flexibility index (Phi) is 2.89. The van der Waals surface area contributed by atoms with Gasteiger partial charge in [0, 0.05) is 12.3 Å². The molecule has 0 bridgehead atoms. The van der Waals surface area contributed by atoms with Gasteiger partial charge in [0.05, 0.1) is 6.10 Å². The number of carbonyl (C=O) groups is 1. The molecule has 0 aromatic carbocycles. The second-order valence-electron chi connectivity index (χ2n) is 4.27. The SMILES string of the molecule is CC(C)C1CC(=O)C(C)C(O)C1. The van der Waals surface area contributed by atoms with Gasteiger partial charge in [-0.2, -0.15) is 0 Å². The summed E-state index contributed by atoms with van der Waals surface area (Å²) in [5.74, 6) is 0.993. The Morgan fingerprint density at radius 1 is 1.50 bits per heavy atom. The van der Waals surface area contributed by atoms with E-state index in [2.05, 4.69) is 13.8 Å². The molecule has 70 valence electrons. The molecule has 1 rings (SSSR count). The van der Waals surface area contributed by atoms with Crippen molar-refractivity contribution >= 4 is 5.78 Å². The predicted molar refractivity (Wildman–Crippen MR) is 47.7 cm³/mol. The van der Waals surface area contributed by atoms with Crippen molar-refractivity contribution in [1.29, 1.82) is 0 Å². The summed E-state index contributed by atoms with van der Waals surface area (Å²) in [5.41, 5.74) is 0. The van der Waals surface area contributed by atoms with Gasteiger partial charge in [0.1, 0.15) is 5.78 Å². The second-order valence-corrected chi connectivity index (χ2v) is 4.27. The average Bonchev–Trinajstić information content (AvgIpc) is 1.99. The fourth-order valence-corrected chi connectivity index (χ4v) is 1.76. The number of rotatable bonds is 1. The predicted octanol–water partition coefficient (Wildman–Crippen LogP) is 1.62. The molecule has 0 amide bonds. The van der Waals surface area contributed by atoms with E-state index in [0.717, 1.165) is 6.42 Å². The molecule has 3 unspecified atom stereocenters. The first-order chi connectivity index (χ1) is 5.52. The topological polar surface area (TPSA) is 37.3 Å².